The van der Waals surface area contributed by atoms with Gasteiger partial charge < -0.3 is 14.2 Å². The number of nitrogens with zero attached hydrogens (tertiary/aromatic N) is 2. The summed E-state index contributed by atoms with van der Waals surface area (Å²) in [5.74, 6) is 1.23. The summed E-state index contributed by atoms with van der Waals surface area (Å²) in [5, 5.41) is 0. The normalized spacial score (nSPS) is 14.0. The highest BCUT2D eigenvalue weighted by Gasteiger charge is 2.04. The average molecular weight is 268 g/mol. The van der Waals surface area contributed by atoms with Crippen LogP contribution in [0, 0.1) is 0 Å². The minimum Gasteiger partial charge on any atom is -0.465 e. The fourth-order valence-electron chi connectivity index (χ4n) is 1.72. The largest absolute Gasteiger partial charge is 0.465 e. The van der Waals surface area contributed by atoms with Crippen molar-refractivity contribution in [2.24, 2.45) is 9.98 Å². The fourth-order valence-corrected chi connectivity index (χ4v) is 1.72. The molecule has 2 aromatic rings. The molecule has 100 valence electrons. The summed E-state index contributed by atoms with van der Waals surface area (Å²) in [6.07, 6.45) is 0. The first-order valence-electron chi connectivity index (χ1n) is 6.11. The molecule has 0 aliphatic carbocycles. The lowest BCUT2D eigenvalue weighted by Gasteiger charge is -2.11. The monoisotopic (exact) mass is 268 g/mol. The first-order valence-corrected chi connectivity index (χ1v) is 6.11. The zero-order valence-electron chi connectivity index (χ0n) is 10.7. The minimum atomic E-state index is 0.0891. The van der Waals surface area contributed by atoms with Crippen LogP contribution in [0.4, 0.5) is 11.4 Å². The number of rotatable bonds is 0. The van der Waals surface area contributed by atoms with E-state index in [4.69, 9.17) is 14.2 Å². The molecule has 0 fully saturated rings. The smallest absolute Gasteiger partial charge is 0.192 e. The zero-order chi connectivity index (χ0) is 13.6. The Morgan fingerprint density at radius 3 is 1.80 bits per heavy atom. The second kappa shape index (κ2) is 6.02. The van der Waals surface area contributed by atoms with Crippen LogP contribution in [0.3, 0.4) is 0 Å². The first kappa shape index (κ1) is 12.4. The standard InChI is InChI=1S/C15H12N2O3/c1-3-7-14-12(5-1)16-9-17-13-6-2-4-8-15(13)20-11-18-10-19-14/h1-8H,10-11H2. The van der Waals surface area contributed by atoms with Gasteiger partial charge in [0.1, 0.15) is 28.9 Å². The number of hydrogen-bond donors (Lipinski definition) is 0. The molecule has 3 rings (SSSR count). The lowest BCUT2D eigenvalue weighted by molar-refractivity contribution is -0.0532. The topological polar surface area (TPSA) is 52.4 Å². The average Bonchev–Trinajstić information content (AvgIpc) is 2.48. The minimum absolute atomic E-state index is 0.0891. The maximum Gasteiger partial charge on any atom is 0.192 e. The second-order valence-electron chi connectivity index (χ2n) is 3.99. The predicted molar refractivity (Wildman–Crippen MR) is 74.1 cm³/mol. The van der Waals surface area contributed by atoms with E-state index < -0.39 is 0 Å². The van der Waals surface area contributed by atoms with Crippen LogP contribution in [0.15, 0.2) is 58.5 Å². The van der Waals surface area contributed by atoms with Crippen molar-refractivity contribution >= 4 is 17.4 Å². The third-order valence-electron chi connectivity index (χ3n) is 2.67. The molecule has 1 aliphatic rings. The Balaban J connectivity index is 2.01. The van der Waals surface area contributed by atoms with E-state index in [0.717, 1.165) is 0 Å². The number of fused-ring (bicyclic) bond motifs is 2. The van der Waals surface area contributed by atoms with E-state index in [0.29, 0.717) is 22.9 Å². The van der Waals surface area contributed by atoms with Crippen LogP contribution in [-0.2, 0) is 4.74 Å². The Kier molecular flexibility index (Phi) is 3.73. The SMILES string of the molecule is C1=Nc2ccccc2OCOCOc2ccccc2N=1. The summed E-state index contributed by atoms with van der Waals surface area (Å²) in [7, 11) is 0. The summed E-state index contributed by atoms with van der Waals surface area (Å²) in [4.78, 5) is 8.33. The number of benzene rings is 2. The molecule has 0 saturated heterocycles. The molecule has 5 heteroatoms. The number of para-hydroxylation sites is 4. The lowest BCUT2D eigenvalue weighted by atomic mass is 10.3. The number of ether oxygens (including phenoxy) is 3. The van der Waals surface area contributed by atoms with Gasteiger partial charge in [-0.15, -0.1) is 0 Å². The van der Waals surface area contributed by atoms with Crippen LogP contribution in [0.5, 0.6) is 11.5 Å². The summed E-state index contributed by atoms with van der Waals surface area (Å²) in [6.45, 7) is 0.178. The van der Waals surface area contributed by atoms with Crippen LogP contribution < -0.4 is 9.47 Å². The molecular formula is C15H12N2O3. The van der Waals surface area contributed by atoms with E-state index in [-0.39, 0.29) is 13.6 Å². The van der Waals surface area contributed by atoms with Gasteiger partial charge in [0.25, 0.3) is 0 Å². The van der Waals surface area contributed by atoms with E-state index in [1.807, 2.05) is 48.5 Å². The van der Waals surface area contributed by atoms with Gasteiger partial charge in [0.15, 0.2) is 13.6 Å². The molecule has 2 aromatic carbocycles. The Morgan fingerprint density at radius 1 is 0.750 bits per heavy atom. The Bertz CT molecular complexity index is 610. The molecule has 0 N–H and O–H groups in total. The van der Waals surface area contributed by atoms with Crippen molar-refractivity contribution in [3.05, 3.63) is 48.5 Å². The van der Waals surface area contributed by atoms with Crippen molar-refractivity contribution in [2.45, 2.75) is 0 Å². The van der Waals surface area contributed by atoms with Crippen LogP contribution in [-0.4, -0.2) is 19.6 Å². The van der Waals surface area contributed by atoms with Gasteiger partial charge in [-0.1, -0.05) is 24.3 Å². The van der Waals surface area contributed by atoms with Gasteiger partial charge in [0.2, 0.25) is 0 Å². The maximum atomic E-state index is 5.47. The van der Waals surface area contributed by atoms with E-state index in [9.17, 15) is 0 Å². The quantitative estimate of drug-likeness (QED) is 0.734. The van der Waals surface area contributed by atoms with Gasteiger partial charge in [-0.05, 0) is 24.3 Å². The molecule has 0 saturated carbocycles. The van der Waals surface area contributed by atoms with E-state index in [1.165, 1.54) is 0 Å². The fraction of sp³-hybridized carbons (Fsp3) is 0.133. The molecule has 1 heterocycles. The van der Waals surface area contributed by atoms with Crippen molar-refractivity contribution in [3.63, 3.8) is 0 Å². The third-order valence-corrected chi connectivity index (χ3v) is 2.67. The van der Waals surface area contributed by atoms with Crippen LogP contribution in [0.25, 0.3) is 0 Å². The highest BCUT2D eigenvalue weighted by molar-refractivity contribution is 5.64. The molecule has 0 aromatic heterocycles. The molecule has 0 amide bonds. The molecular weight excluding hydrogens is 256 g/mol. The maximum absolute atomic E-state index is 5.47. The van der Waals surface area contributed by atoms with Crippen molar-refractivity contribution in [3.8, 4) is 11.5 Å². The first-order chi connectivity index (χ1) is 9.93. The van der Waals surface area contributed by atoms with Gasteiger partial charge in [0.05, 0.1) is 0 Å². The Morgan fingerprint density at radius 2 is 1.25 bits per heavy atom. The van der Waals surface area contributed by atoms with Crippen molar-refractivity contribution < 1.29 is 14.2 Å². The molecule has 0 spiro atoms. The molecule has 1 aliphatic heterocycles. The lowest BCUT2D eigenvalue weighted by Crippen LogP contribution is -2.08. The Hall–Kier alpha value is -2.62. The molecule has 0 radical (unpaired) electrons. The molecule has 0 unspecified atom stereocenters. The van der Waals surface area contributed by atoms with Gasteiger partial charge >= 0.3 is 0 Å². The van der Waals surface area contributed by atoms with E-state index >= 15 is 0 Å². The van der Waals surface area contributed by atoms with Gasteiger partial charge in [0, 0.05) is 0 Å². The van der Waals surface area contributed by atoms with Crippen molar-refractivity contribution in [1.82, 2.24) is 0 Å². The van der Waals surface area contributed by atoms with E-state index in [2.05, 4.69) is 16.0 Å². The van der Waals surface area contributed by atoms with Crippen LogP contribution in [0.1, 0.15) is 0 Å². The van der Waals surface area contributed by atoms with Crippen LogP contribution >= 0.6 is 0 Å². The number of aliphatic imine (C=N–C) groups is 2. The van der Waals surface area contributed by atoms with Crippen molar-refractivity contribution in [1.29, 1.82) is 0 Å². The second-order valence-corrected chi connectivity index (χ2v) is 3.99. The summed E-state index contributed by atoms with van der Waals surface area (Å²) in [5.41, 5.74) is 1.30. The van der Waals surface area contributed by atoms with Gasteiger partial charge in [-0.2, -0.15) is 9.98 Å². The summed E-state index contributed by atoms with van der Waals surface area (Å²) in [6, 6.07) is 17.4. The zero-order valence-corrected chi connectivity index (χ0v) is 10.7. The Labute approximate surface area is 116 Å². The summed E-state index contributed by atoms with van der Waals surface area (Å²) >= 11 is 0. The summed E-state index contributed by atoms with van der Waals surface area (Å²) < 4.78 is 16.2. The van der Waals surface area contributed by atoms with Crippen LogP contribution in [0.2, 0.25) is 0 Å². The third kappa shape index (κ3) is 2.85. The molecule has 0 bridgehead atoms. The highest BCUT2D eigenvalue weighted by Crippen LogP contribution is 2.28. The molecule has 5 nitrogen and oxygen atoms in total. The predicted octanol–water partition coefficient (Wildman–Crippen LogP) is 3.53. The number of hydrogen-bond acceptors (Lipinski definition) is 5. The molecule has 0 atom stereocenters. The van der Waals surface area contributed by atoms with E-state index in [1.54, 1.807) is 0 Å². The van der Waals surface area contributed by atoms with Gasteiger partial charge in [-0.3, -0.25) is 0 Å². The molecule has 20 heavy (non-hydrogen) atoms. The van der Waals surface area contributed by atoms with Gasteiger partial charge in [-0.25, -0.2) is 0 Å². The highest BCUT2D eigenvalue weighted by atomic mass is 16.7. The van der Waals surface area contributed by atoms with Crippen molar-refractivity contribution in [2.75, 3.05) is 13.6 Å².